The number of carbonyl (C=O) groups excluding carboxylic acids is 2. The predicted octanol–water partition coefficient (Wildman–Crippen LogP) is -1.36. The number of aliphatic hydroxyl groups is 2. The van der Waals surface area contributed by atoms with Gasteiger partial charge in [0.1, 0.15) is 0 Å². The van der Waals surface area contributed by atoms with Crippen molar-refractivity contribution in [2.75, 3.05) is 26.3 Å². The van der Waals surface area contributed by atoms with E-state index in [4.69, 9.17) is 10.2 Å². The Labute approximate surface area is 94.7 Å². The summed E-state index contributed by atoms with van der Waals surface area (Å²) < 4.78 is 0. The number of carbonyl (C=O) groups is 2. The molecule has 92 valence electrons. The van der Waals surface area contributed by atoms with Gasteiger partial charge < -0.3 is 20.8 Å². The normalized spacial score (nSPS) is 8.38. The topological polar surface area (TPSA) is 104 Å². The summed E-state index contributed by atoms with van der Waals surface area (Å²) in [7, 11) is 0. The van der Waals surface area contributed by atoms with Crippen molar-refractivity contribution >= 4 is 11.8 Å². The van der Waals surface area contributed by atoms with Crippen molar-refractivity contribution in [3.8, 4) is 0 Å². The first kappa shape index (κ1) is 16.8. The molecule has 16 heavy (non-hydrogen) atoms. The first-order valence-corrected chi connectivity index (χ1v) is 4.58. The van der Waals surface area contributed by atoms with Crippen LogP contribution in [0.3, 0.4) is 0 Å². The lowest BCUT2D eigenvalue weighted by molar-refractivity contribution is -0.127. The molecule has 0 fully saturated rings. The van der Waals surface area contributed by atoms with Crippen molar-refractivity contribution in [3.63, 3.8) is 0 Å². The first-order valence-electron chi connectivity index (χ1n) is 4.58. The van der Waals surface area contributed by atoms with E-state index in [1.807, 2.05) is 0 Å². The molecule has 0 aliphatic heterocycles. The minimum Gasteiger partial charge on any atom is -0.395 e. The van der Waals surface area contributed by atoms with Crippen molar-refractivity contribution in [2.24, 2.45) is 5.73 Å². The first-order chi connectivity index (χ1) is 7.53. The molecule has 0 radical (unpaired) electrons. The van der Waals surface area contributed by atoms with E-state index in [0.717, 1.165) is 12.2 Å². The fraction of sp³-hybridized carbons (Fsp3) is 0.400. The smallest absolute Gasteiger partial charge is 0.246 e. The average molecular weight is 230 g/mol. The minimum absolute atomic E-state index is 0.0976. The third-order valence-electron chi connectivity index (χ3n) is 1.43. The maximum Gasteiger partial charge on any atom is 0.246 e. The van der Waals surface area contributed by atoms with Gasteiger partial charge in [-0.25, -0.2) is 0 Å². The third-order valence-corrected chi connectivity index (χ3v) is 1.43. The SMILES string of the molecule is C=CC(=O)N(CCO)CCO.C=CC(N)=O. The summed E-state index contributed by atoms with van der Waals surface area (Å²) in [5.74, 6) is -0.752. The number of hydrogen-bond acceptors (Lipinski definition) is 4. The maximum absolute atomic E-state index is 10.9. The molecule has 0 aromatic heterocycles. The second-order valence-corrected chi connectivity index (χ2v) is 2.58. The van der Waals surface area contributed by atoms with E-state index in [9.17, 15) is 9.59 Å². The van der Waals surface area contributed by atoms with Crippen molar-refractivity contribution in [2.45, 2.75) is 0 Å². The van der Waals surface area contributed by atoms with Gasteiger partial charge in [-0.2, -0.15) is 0 Å². The van der Waals surface area contributed by atoms with Crippen molar-refractivity contribution in [1.82, 2.24) is 4.90 Å². The summed E-state index contributed by atoms with van der Waals surface area (Å²) in [6, 6.07) is 0. The molecule has 0 aliphatic rings. The molecule has 6 nitrogen and oxygen atoms in total. The summed E-state index contributed by atoms with van der Waals surface area (Å²) >= 11 is 0. The summed E-state index contributed by atoms with van der Waals surface area (Å²) in [4.78, 5) is 21.7. The van der Waals surface area contributed by atoms with Crippen LogP contribution in [0, 0.1) is 0 Å². The van der Waals surface area contributed by atoms with Crippen LogP contribution >= 0.6 is 0 Å². The molecule has 0 aromatic carbocycles. The van der Waals surface area contributed by atoms with E-state index in [1.54, 1.807) is 0 Å². The van der Waals surface area contributed by atoms with Crippen molar-refractivity contribution in [1.29, 1.82) is 0 Å². The molecule has 0 rings (SSSR count). The summed E-state index contributed by atoms with van der Waals surface area (Å²) in [6.45, 7) is 6.66. The second-order valence-electron chi connectivity index (χ2n) is 2.58. The van der Waals surface area contributed by atoms with Crippen LogP contribution in [0.2, 0.25) is 0 Å². The van der Waals surface area contributed by atoms with Gasteiger partial charge in [-0.3, -0.25) is 9.59 Å². The van der Waals surface area contributed by atoms with Crippen LogP contribution in [0.25, 0.3) is 0 Å². The molecule has 0 aromatic rings. The standard InChI is InChI=1S/C7H13NO3.C3H5NO/c1-2-7(11)8(3-5-9)4-6-10;1-2-3(4)5/h2,9-10H,1,3-6H2;2H,1H2,(H2,4,5). The quantitative estimate of drug-likeness (QED) is 0.490. The van der Waals surface area contributed by atoms with Gasteiger partial charge in [0.25, 0.3) is 0 Å². The van der Waals surface area contributed by atoms with Crippen molar-refractivity contribution in [3.05, 3.63) is 25.3 Å². The molecule has 4 N–H and O–H groups in total. The van der Waals surface area contributed by atoms with E-state index in [1.165, 1.54) is 4.90 Å². The van der Waals surface area contributed by atoms with Crippen LogP contribution in [0.15, 0.2) is 25.3 Å². The van der Waals surface area contributed by atoms with E-state index >= 15 is 0 Å². The van der Waals surface area contributed by atoms with Gasteiger partial charge in [0.2, 0.25) is 11.8 Å². The molecular weight excluding hydrogens is 212 g/mol. The fourth-order valence-electron chi connectivity index (χ4n) is 0.703. The zero-order chi connectivity index (χ0) is 13.0. The van der Waals surface area contributed by atoms with Crippen LogP contribution in [0.1, 0.15) is 0 Å². The molecule has 0 heterocycles. The maximum atomic E-state index is 10.9. The highest BCUT2D eigenvalue weighted by Gasteiger charge is 2.06. The Hall–Kier alpha value is -1.66. The molecule has 0 saturated carbocycles. The number of aliphatic hydroxyl groups excluding tert-OH is 2. The third kappa shape index (κ3) is 10.4. The van der Waals surface area contributed by atoms with Gasteiger partial charge in [-0.05, 0) is 12.2 Å². The number of nitrogens with two attached hydrogens (primary N) is 1. The Morgan fingerprint density at radius 1 is 1.12 bits per heavy atom. The molecule has 0 bridgehead atoms. The molecule has 0 unspecified atom stereocenters. The zero-order valence-corrected chi connectivity index (χ0v) is 9.13. The van der Waals surface area contributed by atoms with E-state index < -0.39 is 5.91 Å². The molecule has 0 spiro atoms. The van der Waals surface area contributed by atoms with Crippen LogP contribution < -0.4 is 5.73 Å². The lowest BCUT2D eigenvalue weighted by atomic mass is 10.4. The highest BCUT2D eigenvalue weighted by Crippen LogP contribution is 1.88. The largest absolute Gasteiger partial charge is 0.395 e. The van der Waals surface area contributed by atoms with Gasteiger partial charge in [-0.15, -0.1) is 0 Å². The summed E-state index contributed by atoms with van der Waals surface area (Å²) in [5.41, 5.74) is 4.53. The lowest BCUT2D eigenvalue weighted by Crippen LogP contribution is -2.34. The van der Waals surface area contributed by atoms with Gasteiger partial charge in [0.05, 0.1) is 13.2 Å². The monoisotopic (exact) mass is 230 g/mol. The Bertz CT molecular complexity index is 235. The molecule has 0 atom stereocenters. The van der Waals surface area contributed by atoms with Crippen LogP contribution in [-0.2, 0) is 9.59 Å². The number of nitrogens with zero attached hydrogens (tertiary/aromatic N) is 1. The Kier molecular flexibility index (Phi) is 12.0. The van der Waals surface area contributed by atoms with Crippen LogP contribution in [-0.4, -0.2) is 53.2 Å². The lowest BCUT2D eigenvalue weighted by Gasteiger charge is -2.17. The van der Waals surface area contributed by atoms with E-state index in [2.05, 4.69) is 18.9 Å². The molecule has 2 amide bonds. The fourth-order valence-corrected chi connectivity index (χ4v) is 0.703. The summed E-state index contributed by atoms with van der Waals surface area (Å²) in [5, 5.41) is 17.0. The highest BCUT2D eigenvalue weighted by molar-refractivity contribution is 5.87. The molecule has 0 saturated heterocycles. The Morgan fingerprint density at radius 3 is 1.69 bits per heavy atom. The van der Waals surface area contributed by atoms with Crippen LogP contribution in [0.5, 0.6) is 0 Å². The van der Waals surface area contributed by atoms with Crippen molar-refractivity contribution < 1.29 is 19.8 Å². The Morgan fingerprint density at radius 2 is 1.50 bits per heavy atom. The highest BCUT2D eigenvalue weighted by atomic mass is 16.3. The minimum atomic E-state index is -0.481. The second kappa shape index (κ2) is 11.4. The van der Waals surface area contributed by atoms with Gasteiger partial charge in [0, 0.05) is 13.1 Å². The van der Waals surface area contributed by atoms with Crippen LogP contribution in [0.4, 0.5) is 0 Å². The zero-order valence-electron chi connectivity index (χ0n) is 9.13. The number of hydrogen-bond donors (Lipinski definition) is 3. The Balaban J connectivity index is 0. The number of rotatable bonds is 6. The number of primary amides is 1. The molecular formula is C10H18N2O4. The van der Waals surface area contributed by atoms with E-state index in [-0.39, 0.29) is 32.2 Å². The summed E-state index contributed by atoms with van der Waals surface area (Å²) in [6.07, 6.45) is 2.21. The number of amides is 2. The van der Waals surface area contributed by atoms with Gasteiger partial charge in [0.15, 0.2) is 0 Å². The average Bonchev–Trinajstić information content (AvgIpc) is 2.28. The van der Waals surface area contributed by atoms with Gasteiger partial charge in [-0.1, -0.05) is 13.2 Å². The molecule has 6 heteroatoms. The van der Waals surface area contributed by atoms with E-state index in [0.29, 0.717) is 0 Å². The molecule has 0 aliphatic carbocycles. The van der Waals surface area contributed by atoms with Gasteiger partial charge >= 0.3 is 0 Å². The predicted molar refractivity (Wildman–Crippen MR) is 60.3 cm³/mol.